The molecule has 3 fully saturated rings. The van der Waals surface area contributed by atoms with Crippen LogP contribution in [0.1, 0.15) is 92.0 Å². The lowest BCUT2D eigenvalue weighted by atomic mass is 9.98. The fourth-order valence-electron chi connectivity index (χ4n) is 14.1. The Morgan fingerprint density at radius 2 is 0.833 bits per heavy atom. The molecule has 22 heteroatoms. The first-order valence-electron chi connectivity index (χ1n) is 32.2. The second kappa shape index (κ2) is 27.3. The van der Waals surface area contributed by atoms with Crippen molar-refractivity contribution in [3.8, 4) is 0 Å². The Kier molecular flexibility index (Phi) is 18.9. The molecule has 6 amide bonds. The molecule has 6 aliphatic heterocycles. The van der Waals surface area contributed by atoms with Gasteiger partial charge in [0.1, 0.15) is 47.1 Å². The number of urea groups is 3. The number of para-hydroxylation sites is 3. The van der Waals surface area contributed by atoms with Crippen molar-refractivity contribution >= 4 is 84.6 Å². The fourth-order valence-corrected chi connectivity index (χ4v) is 14.2. The van der Waals surface area contributed by atoms with Gasteiger partial charge in [-0.2, -0.15) is 0 Å². The zero-order chi connectivity index (χ0) is 67.9. The summed E-state index contributed by atoms with van der Waals surface area (Å²) < 4.78 is 57.0. The van der Waals surface area contributed by atoms with E-state index in [-0.39, 0.29) is 89.6 Å². The molecule has 0 spiro atoms. The van der Waals surface area contributed by atoms with E-state index < -0.39 is 11.6 Å². The third-order valence-electron chi connectivity index (χ3n) is 18.2. The first-order valence-corrected chi connectivity index (χ1v) is 33.4. The smallest absolute Gasteiger partial charge is 0.326 e. The number of carbonyl (C=O) groups excluding carboxylic acids is 5. The minimum atomic E-state index is -0.998. The van der Waals surface area contributed by atoms with Crippen molar-refractivity contribution < 1.29 is 56.5 Å². The molecule has 18 nitrogen and oxygen atoms in total. The van der Waals surface area contributed by atoms with Crippen LogP contribution < -0.4 is 5.32 Å². The van der Waals surface area contributed by atoms with Crippen LogP contribution in [-0.2, 0) is 82.4 Å². The molecule has 96 heavy (non-hydrogen) atoms. The van der Waals surface area contributed by atoms with Crippen LogP contribution in [0.25, 0.3) is 32.7 Å². The summed E-state index contributed by atoms with van der Waals surface area (Å²) in [6.45, 7) is 15.8. The molecule has 3 atom stereocenters. The lowest BCUT2D eigenvalue weighted by molar-refractivity contribution is -0.155. The first kappa shape index (κ1) is 66.5. The monoisotopic (exact) mass is 1370 g/mol. The minimum Gasteiger partial charge on any atom is -0.480 e. The highest BCUT2D eigenvalue weighted by molar-refractivity contribution is 9.09. The highest BCUT2D eigenvalue weighted by atomic mass is 79.9. The van der Waals surface area contributed by atoms with Crippen molar-refractivity contribution in [1.29, 1.82) is 0 Å². The number of hydrogen-bond acceptors (Lipinski definition) is 8. The van der Waals surface area contributed by atoms with Crippen LogP contribution in [0.5, 0.6) is 0 Å². The number of ether oxygens (including phenoxy) is 2. The van der Waals surface area contributed by atoms with E-state index in [0.29, 0.717) is 58.8 Å². The van der Waals surface area contributed by atoms with E-state index in [1.54, 1.807) is 34.1 Å². The standard InChI is InChI=1S/C26H28FN3O3.C22H20FN3O3.C20H18FN3O.C6H11BrO2/c1-26(2,3)33-24(31)16-28-14-19-12-21-20-6-4-5-7-22(20)30(23(21)15-29(19)25(28)32)13-17-8-10-18(27)11-9-17;23-15-7-5-14(6-8-15)10-26-19-4-2-1-3-17(19)18-9-16-11-24(13-21(27)28)22(29)25(16)12-20(18)26;21-14-7-5-13(6-8-14)11-24-18-4-2-1-3-16(18)17-9-15-10-22-20(25)23(15)12-19(17)24;1-6(2,3)9-5(8)4-7/h4-11,19H,12-16H2,1-3H3;1-8,16H,9-13H2,(H,27,28);1-8,15H,9-12H2,(H,22,25);4H2,1-3H3. The summed E-state index contributed by atoms with van der Waals surface area (Å²) in [6.07, 6.45) is 2.32. The van der Waals surface area contributed by atoms with Gasteiger partial charge in [-0.3, -0.25) is 14.4 Å². The molecule has 3 saturated heterocycles. The Bertz CT molecular complexity index is 4440. The van der Waals surface area contributed by atoms with Crippen LogP contribution in [0.3, 0.4) is 0 Å². The molecular formula is C74H77BrF3N9O9. The number of rotatable bonds is 11. The van der Waals surface area contributed by atoms with Gasteiger partial charge in [-0.05, 0) is 149 Å². The number of amides is 6. The molecule has 0 radical (unpaired) electrons. The normalized spacial score (nSPS) is 17.7. The van der Waals surface area contributed by atoms with Gasteiger partial charge in [-0.25, -0.2) is 27.6 Å². The number of fused-ring (bicyclic) bond motifs is 12. The molecule has 15 rings (SSSR count). The summed E-state index contributed by atoms with van der Waals surface area (Å²) >= 11 is 2.99. The third kappa shape index (κ3) is 14.3. The van der Waals surface area contributed by atoms with Crippen molar-refractivity contribution in [3.63, 3.8) is 0 Å². The molecule has 2 N–H and O–H groups in total. The number of aliphatic carboxylic acids is 1. The van der Waals surface area contributed by atoms with E-state index in [1.807, 2.05) is 93.8 Å². The van der Waals surface area contributed by atoms with E-state index in [2.05, 4.69) is 77.4 Å². The number of nitrogens with zero attached hydrogens (tertiary/aromatic N) is 8. The van der Waals surface area contributed by atoms with Crippen LogP contribution in [-0.4, -0.2) is 147 Å². The number of esters is 2. The zero-order valence-corrected chi connectivity index (χ0v) is 56.1. The molecule has 6 aromatic carbocycles. The summed E-state index contributed by atoms with van der Waals surface area (Å²) in [7, 11) is 0. The van der Waals surface area contributed by atoms with Crippen molar-refractivity contribution in [2.75, 3.05) is 38.1 Å². The van der Waals surface area contributed by atoms with Gasteiger partial charge in [0, 0.05) is 89.1 Å². The number of benzene rings is 6. The van der Waals surface area contributed by atoms with Crippen LogP contribution in [0, 0.1) is 17.5 Å². The number of halogens is 4. The highest BCUT2D eigenvalue weighted by Gasteiger charge is 2.45. The average molecular weight is 1370 g/mol. The van der Waals surface area contributed by atoms with Crippen molar-refractivity contribution in [3.05, 3.63) is 214 Å². The van der Waals surface area contributed by atoms with Gasteiger partial charge in [0.05, 0.1) is 37.8 Å². The number of carboxylic acids is 1. The van der Waals surface area contributed by atoms with Gasteiger partial charge in [0.15, 0.2) is 0 Å². The fraction of sp³-hybridized carbons (Fsp3) is 0.351. The maximum atomic E-state index is 13.4. The maximum Gasteiger partial charge on any atom is 0.326 e. The van der Waals surface area contributed by atoms with E-state index in [1.165, 1.54) is 80.0 Å². The predicted octanol–water partition coefficient (Wildman–Crippen LogP) is 12.4. The molecule has 6 aliphatic rings. The van der Waals surface area contributed by atoms with Gasteiger partial charge < -0.3 is 58.1 Å². The average Bonchev–Trinajstić information content (AvgIpc) is 1.60. The van der Waals surface area contributed by atoms with Crippen LogP contribution in [0.4, 0.5) is 27.6 Å². The summed E-state index contributed by atoms with van der Waals surface area (Å²) in [4.78, 5) is 80.6. The van der Waals surface area contributed by atoms with Crippen molar-refractivity contribution in [2.45, 2.75) is 129 Å². The summed E-state index contributed by atoms with van der Waals surface area (Å²) in [5, 5.41) is 15.9. The third-order valence-corrected chi connectivity index (χ3v) is 18.6. The molecule has 0 aliphatic carbocycles. The number of aromatic nitrogens is 3. The largest absolute Gasteiger partial charge is 0.480 e. The molecule has 500 valence electrons. The van der Waals surface area contributed by atoms with Crippen molar-refractivity contribution in [1.82, 2.24) is 43.5 Å². The number of alkyl halides is 1. The highest BCUT2D eigenvalue weighted by Crippen LogP contribution is 2.40. The second-order valence-electron chi connectivity index (χ2n) is 27.1. The van der Waals surface area contributed by atoms with Crippen molar-refractivity contribution in [2.24, 2.45) is 0 Å². The van der Waals surface area contributed by atoms with Gasteiger partial charge in [-0.15, -0.1) is 0 Å². The lowest BCUT2D eigenvalue weighted by Crippen LogP contribution is -2.40. The Hall–Kier alpha value is -9.57. The SMILES string of the molecule is CC(C)(C)OC(=O)CBr.CC(C)(C)OC(=O)CN1CC2Cc3c(n(Cc4ccc(F)cc4)c4ccccc34)CN2C1=O.O=C(O)CN1CC2Cc3c(n(Cc4ccc(F)cc4)c4ccccc34)CN2C1=O.O=C1NCC2Cc3c(n(Cc4ccc(F)cc4)c4ccccc34)CN12. The molecule has 3 aromatic heterocycles. The van der Waals surface area contributed by atoms with E-state index in [9.17, 15) is 41.9 Å². The number of carbonyl (C=O) groups is 6. The van der Waals surface area contributed by atoms with Crippen LogP contribution in [0.2, 0.25) is 0 Å². The number of nitrogens with one attached hydrogen (secondary N) is 1. The van der Waals surface area contributed by atoms with Gasteiger partial charge in [-0.1, -0.05) is 107 Å². The first-order chi connectivity index (χ1) is 45.9. The lowest BCUT2D eigenvalue weighted by Gasteiger charge is -2.29. The maximum absolute atomic E-state index is 13.4. The van der Waals surface area contributed by atoms with Gasteiger partial charge in [0.25, 0.3) is 0 Å². The Morgan fingerprint density at radius 3 is 1.19 bits per heavy atom. The van der Waals surface area contributed by atoms with E-state index in [0.717, 1.165) is 63.9 Å². The molecule has 0 bridgehead atoms. The van der Waals surface area contributed by atoms with Crippen LogP contribution >= 0.6 is 15.9 Å². The Morgan fingerprint density at radius 1 is 0.490 bits per heavy atom. The van der Waals surface area contributed by atoms with E-state index in [4.69, 9.17) is 14.6 Å². The number of carboxylic acid groups (broad SMARTS) is 1. The molecule has 9 heterocycles. The van der Waals surface area contributed by atoms with Crippen LogP contribution in [0.15, 0.2) is 146 Å². The molecule has 9 aromatic rings. The second-order valence-corrected chi connectivity index (χ2v) is 27.7. The molecule has 3 unspecified atom stereocenters. The zero-order valence-electron chi connectivity index (χ0n) is 54.5. The minimum absolute atomic E-state index is 0.0144. The molecule has 0 saturated carbocycles. The summed E-state index contributed by atoms with van der Waals surface area (Å²) in [5.41, 5.74) is 12.7. The number of hydrogen-bond donors (Lipinski definition) is 2. The van der Waals surface area contributed by atoms with Gasteiger partial charge >= 0.3 is 36.0 Å². The quantitative estimate of drug-likeness (QED) is 0.0939. The van der Waals surface area contributed by atoms with E-state index >= 15 is 0 Å². The Labute approximate surface area is 562 Å². The Balaban J connectivity index is 0.000000130. The summed E-state index contributed by atoms with van der Waals surface area (Å²) in [6, 6.07) is 44.4. The topological polar surface area (TPSA) is 184 Å². The van der Waals surface area contributed by atoms with Gasteiger partial charge in [0.2, 0.25) is 0 Å². The molecular weight excluding hydrogens is 1300 g/mol. The summed E-state index contributed by atoms with van der Waals surface area (Å²) in [5.74, 6) is -2.35. The predicted molar refractivity (Wildman–Crippen MR) is 362 cm³/mol.